The van der Waals surface area contributed by atoms with Crippen LogP contribution in [0.25, 0.3) is 10.9 Å². The van der Waals surface area contributed by atoms with Crippen molar-refractivity contribution in [3.05, 3.63) is 39.7 Å². The second kappa shape index (κ2) is 7.80. The van der Waals surface area contributed by atoms with Crippen molar-refractivity contribution in [2.75, 3.05) is 19.6 Å². The zero-order valence-corrected chi connectivity index (χ0v) is 13.7. The van der Waals surface area contributed by atoms with E-state index in [1.807, 2.05) is 6.07 Å². The fourth-order valence-electron chi connectivity index (χ4n) is 2.92. The van der Waals surface area contributed by atoms with Gasteiger partial charge in [-0.05, 0) is 44.0 Å². The average molecular weight is 313 g/mol. The van der Waals surface area contributed by atoms with Crippen LogP contribution in [0.5, 0.6) is 5.75 Å². The molecule has 1 aromatic carbocycles. The number of benzene rings is 1. The molecule has 1 aromatic heterocycles. The molecule has 23 heavy (non-hydrogen) atoms. The van der Waals surface area contributed by atoms with Crippen LogP contribution in [0.4, 0.5) is 0 Å². The zero-order chi connectivity index (χ0) is 16.8. The first-order valence-electron chi connectivity index (χ1n) is 8.11. The Kier molecular flexibility index (Phi) is 5.78. The lowest BCUT2D eigenvalue weighted by molar-refractivity contribution is 0.278. The number of nitriles is 1. The van der Waals surface area contributed by atoms with E-state index in [0.717, 1.165) is 44.5 Å². The van der Waals surface area contributed by atoms with Crippen molar-refractivity contribution in [2.45, 2.75) is 33.1 Å². The van der Waals surface area contributed by atoms with Gasteiger partial charge in [0.05, 0.1) is 10.9 Å². The summed E-state index contributed by atoms with van der Waals surface area (Å²) in [5, 5.41) is 19.4. The van der Waals surface area contributed by atoms with Gasteiger partial charge in [-0.15, -0.1) is 0 Å². The first-order chi connectivity index (χ1) is 11.1. The molecule has 1 heterocycles. The maximum absolute atomic E-state index is 12.5. The minimum absolute atomic E-state index is 0.0318. The maximum atomic E-state index is 12.5. The van der Waals surface area contributed by atoms with Crippen molar-refractivity contribution in [1.29, 1.82) is 5.26 Å². The number of hydrogen-bond donors (Lipinski definition) is 2. The molecule has 0 saturated heterocycles. The van der Waals surface area contributed by atoms with Crippen LogP contribution >= 0.6 is 0 Å². The molecule has 0 saturated carbocycles. The molecule has 5 heteroatoms. The number of pyridine rings is 1. The number of nitrogens with zero attached hydrogens (tertiary/aromatic N) is 2. The molecule has 0 unspecified atom stereocenters. The van der Waals surface area contributed by atoms with Crippen molar-refractivity contribution in [3.8, 4) is 11.8 Å². The summed E-state index contributed by atoms with van der Waals surface area (Å²) < 4.78 is 0. The molecule has 0 spiro atoms. The molecule has 0 bridgehead atoms. The standard InChI is InChI=1S/C18H23N3O2/c1-3-8-21(9-4-2)10-7-13-5-6-15(22)17-16(13)18(23)14(11-19)12-20-17/h5-6,12,22H,3-4,7-10H2,1-2H3,(H,20,23). The van der Waals surface area contributed by atoms with Crippen LogP contribution < -0.4 is 5.43 Å². The number of aromatic amines is 1. The molecular formula is C18H23N3O2. The van der Waals surface area contributed by atoms with Crippen molar-refractivity contribution >= 4 is 10.9 Å². The third-order valence-electron chi connectivity index (χ3n) is 4.00. The molecule has 5 nitrogen and oxygen atoms in total. The lowest BCUT2D eigenvalue weighted by atomic mass is 10.0. The normalized spacial score (nSPS) is 11.0. The summed E-state index contributed by atoms with van der Waals surface area (Å²) in [7, 11) is 0. The van der Waals surface area contributed by atoms with E-state index in [0.29, 0.717) is 10.9 Å². The fourth-order valence-corrected chi connectivity index (χ4v) is 2.92. The number of aromatic hydroxyl groups is 1. The van der Waals surface area contributed by atoms with E-state index < -0.39 is 0 Å². The van der Waals surface area contributed by atoms with Gasteiger partial charge in [-0.3, -0.25) is 4.79 Å². The molecule has 122 valence electrons. The minimum Gasteiger partial charge on any atom is -0.506 e. The molecular weight excluding hydrogens is 290 g/mol. The predicted octanol–water partition coefficient (Wildman–Crippen LogP) is 2.77. The molecule has 0 aliphatic carbocycles. The van der Waals surface area contributed by atoms with Crippen LogP contribution in [0.15, 0.2) is 23.1 Å². The van der Waals surface area contributed by atoms with Crippen LogP contribution in [0, 0.1) is 11.3 Å². The summed E-state index contributed by atoms with van der Waals surface area (Å²) >= 11 is 0. The minimum atomic E-state index is -0.315. The van der Waals surface area contributed by atoms with Crippen molar-refractivity contribution < 1.29 is 5.11 Å². The highest BCUT2D eigenvalue weighted by molar-refractivity contribution is 5.88. The maximum Gasteiger partial charge on any atom is 0.207 e. The van der Waals surface area contributed by atoms with Crippen LogP contribution in [0.3, 0.4) is 0 Å². The SMILES string of the molecule is CCCN(CCC)CCc1ccc(O)c2[nH]cc(C#N)c(=O)c12. The van der Waals surface area contributed by atoms with Gasteiger partial charge in [-0.25, -0.2) is 0 Å². The molecule has 0 atom stereocenters. The van der Waals surface area contributed by atoms with Gasteiger partial charge < -0.3 is 15.0 Å². The monoisotopic (exact) mass is 313 g/mol. The lowest BCUT2D eigenvalue weighted by Crippen LogP contribution is -2.28. The summed E-state index contributed by atoms with van der Waals surface area (Å²) in [6, 6.07) is 5.29. The van der Waals surface area contributed by atoms with E-state index in [1.165, 1.54) is 6.20 Å². The Bertz CT molecular complexity index is 768. The Morgan fingerprint density at radius 3 is 2.52 bits per heavy atom. The highest BCUT2D eigenvalue weighted by Gasteiger charge is 2.13. The lowest BCUT2D eigenvalue weighted by Gasteiger charge is -2.21. The Hall–Kier alpha value is -2.32. The van der Waals surface area contributed by atoms with Crippen LogP contribution in [0.2, 0.25) is 0 Å². The van der Waals surface area contributed by atoms with E-state index in [4.69, 9.17) is 5.26 Å². The van der Waals surface area contributed by atoms with Crippen LogP contribution in [-0.4, -0.2) is 34.6 Å². The molecule has 2 N–H and O–H groups in total. The summed E-state index contributed by atoms with van der Waals surface area (Å²) in [6.45, 7) is 7.23. The van der Waals surface area contributed by atoms with Crippen LogP contribution in [-0.2, 0) is 6.42 Å². The third kappa shape index (κ3) is 3.72. The smallest absolute Gasteiger partial charge is 0.207 e. The summed E-state index contributed by atoms with van der Waals surface area (Å²) in [5.74, 6) is 0.0318. The van der Waals surface area contributed by atoms with E-state index >= 15 is 0 Å². The first-order valence-corrected chi connectivity index (χ1v) is 8.11. The summed E-state index contributed by atoms with van der Waals surface area (Å²) in [6.07, 6.45) is 4.26. The average Bonchev–Trinajstić information content (AvgIpc) is 2.55. The zero-order valence-electron chi connectivity index (χ0n) is 13.7. The molecule has 0 aliphatic heterocycles. The fraction of sp³-hybridized carbons (Fsp3) is 0.444. The molecule has 2 rings (SSSR count). The van der Waals surface area contributed by atoms with E-state index in [-0.39, 0.29) is 16.7 Å². The quantitative estimate of drug-likeness (QED) is 0.823. The van der Waals surface area contributed by atoms with Gasteiger partial charge in [0.2, 0.25) is 5.43 Å². The Balaban J connectivity index is 2.39. The number of hydrogen-bond acceptors (Lipinski definition) is 4. The molecule has 0 aliphatic rings. The van der Waals surface area contributed by atoms with E-state index in [9.17, 15) is 9.90 Å². The third-order valence-corrected chi connectivity index (χ3v) is 4.00. The van der Waals surface area contributed by atoms with Gasteiger partial charge in [-0.2, -0.15) is 5.26 Å². The van der Waals surface area contributed by atoms with Gasteiger partial charge in [0.15, 0.2) is 0 Å². The molecule has 0 amide bonds. The number of phenols is 1. The van der Waals surface area contributed by atoms with Gasteiger partial charge >= 0.3 is 0 Å². The summed E-state index contributed by atoms with van der Waals surface area (Å²) in [4.78, 5) is 17.7. The number of nitrogens with one attached hydrogen (secondary N) is 1. The second-order valence-corrected chi connectivity index (χ2v) is 5.73. The largest absolute Gasteiger partial charge is 0.506 e. The first kappa shape index (κ1) is 17.0. The Morgan fingerprint density at radius 2 is 1.91 bits per heavy atom. The molecule has 0 fully saturated rings. The predicted molar refractivity (Wildman–Crippen MR) is 91.7 cm³/mol. The highest BCUT2D eigenvalue weighted by Crippen LogP contribution is 2.24. The molecule has 2 aromatic rings. The van der Waals surface area contributed by atoms with Gasteiger partial charge in [0.25, 0.3) is 0 Å². The highest BCUT2D eigenvalue weighted by atomic mass is 16.3. The number of rotatable bonds is 7. The topological polar surface area (TPSA) is 80.1 Å². The number of fused-ring (bicyclic) bond motifs is 1. The molecule has 0 radical (unpaired) electrons. The number of H-pyrrole nitrogens is 1. The van der Waals surface area contributed by atoms with Gasteiger partial charge in [0.1, 0.15) is 17.4 Å². The number of aromatic nitrogens is 1. The van der Waals surface area contributed by atoms with Crippen molar-refractivity contribution in [1.82, 2.24) is 9.88 Å². The van der Waals surface area contributed by atoms with Gasteiger partial charge in [-0.1, -0.05) is 19.9 Å². The van der Waals surface area contributed by atoms with Crippen molar-refractivity contribution in [3.63, 3.8) is 0 Å². The number of phenolic OH excluding ortho intramolecular Hbond substituents is 1. The van der Waals surface area contributed by atoms with E-state index in [1.54, 1.807) is 12.1 Å². The van der Waals surface area contributed by atoms with Crippen molar-refractivity contribution in [2.24, 2.45) is 0 Å². The van der Waals surface area contributed by atoms with E-state index in [2.05, 4.69) is 23.7 Å². The second-order valence-electron chi connectivity index (χ2n) is 5.73. The van der Waals surface area contributed by atoms with Gasteiger partial charge in [0, 0.05) is 12.7 Å². The Morgan fingerprint density at radius 1 is 1.22 bits per heavy atom. The summed E-state index contributed by atoms with van der Waals surface area (Å²) in [5.41, 5.74) is 1.03. The Labute approximate surface area is 136 Å². The van der Waals surface area contributed by atoms with Crippen LogP contribution in [0.1, 0.15) is 37.8 Å².